The molecule has 31 heteroatoms. The van der Waals surface area contributed by atoms with Crippen LogP contribution < -0.4 is 30.9 Å². The molecule has 1 atom stereocenters. The van der Waals surface area contributed by atoms with Gasteiger partial charge in [0.1, 0.15) is 41.4 Å². The second-order valence-corrected chi connectivity index (χ2v) is 32.7. The number of hydrogen-bond acceptors (Lipinski definition) is 19. The molecule has 124 heavy (non-hydrogen) atoms. The monoisotopic (exact) mass is 1730 g/mol. The van der Waals surface area contributed by atoms with Gasteiger partial charge in [0.15, 0.2) is 0 Å². The van der Waals surface area contributed by atoms with Crippen LogP contribution in [0.2, 0.25) is 0 Å². The Hall–Kier alpha value is -10.3. The van der Waals surface area contributed by atoms with E-state index >= 15 is 8.78 Å². The Kier molecular flexibility index (Phi) is 41.4. The van der Waals surface area contributed by atoms with E-state index in [1.807, 2.05) is 23.1 Å². The van der Waals surface area contributed by atoms with E-state index in [0.717, 1.165) is 138 Å². The summed E-state index contributed by atoms with van der Waals surface area (Å²) in [6, 6.07) is 19.7. The molecular formula is C93H129F2N11O18. The number of unbranched alkanes of at least 4 members (excludes halogenated alkanes) is 14. The Morgan fingerprint density at radius 3 is 1.90 bits per heavy atom. The number of ether oxygens (including phenoxy) is 6. The number of halogens is 2. The number of carbonyl (C=O) groups excluding carboxylic acids is 8. The highest BCUT2D eigenvalue weighted by atomic mass is 19.1. The highest BCUT2D eigenvalue weighted by molar-refractivity contribution is 6.18. The molecule has 678 valence electrons. The Bertz CT molecular complexity index is 4380. The first-order valence-electron chi connectivity index (χ1n) is 44.1. The van der Waals surface area contributed by atoms with Crippen molar-refractivity contribution >= 4 is 89.0 Å². The van der Waals surface area contributed by atoms with E-state index in [4.69, 9.17) is 33.5 Å². The smallest absolute Gasteiger partial charge is 0.328 e. The van der Waals surface area contributed by atoms with Gasteiger partial charge in [0.2, 0.25) is 23.6 Å². The predicted octanol–water partition coefficient (Wildman–Crippen LogP) is 14.0. The SMILES string of the molecule is C=Nc1[nH]c(-c2ccc(CCN3CCC4(CC3)CCN(C(=O)c3ccc(OC)c(N5CCC(=O)NC5=O)c3)CC4)cc2)cc1/C(=N\C)c1cc(F)cc(NC(=O)c2ccc(C(C)(C)OC(=O)CNC(=O)CCOCCOCCOCCOCCNC(=O)CCC(C(=O)O)N(CCCCCCCCCCC)C(=O)CCCCCCCCCC(=O)O)cc2F)c1C. The van der Waals surface area contributed by atoms with Gasteiger partial charge in [-0.3, -0.25) is 53.6 Å². The van der Waals surface area contributed by atoms with Gasteiger partial charge < -0.3 is 74.3 Å². The van der Waals surface area contributed by atoms with Crippen molar-refractivity contribution in [2.75, 3.05) is 136 Å². The minimum atomic E-state index is -1.41. The first kappa shape index (κ1) is 99.1. The fourth-order valence-electron chi connectivity index (χ4n) is 15.9. The lowest BCUT2D eigenvalue weighted by molar-refractivity contribution is -0.157. The lowest BCUT2D eigenvalue weighted by Gasteiger charge is -2.47. The molecule has 3 aliphatic rings. The van der Waals surface area contributed by atoms with Crippen LogP contribution in [0.1, 0.15) is 236 Å². The van der Waals surface area contributed by atoms with E-state index < -0.39 is 65.6 Å². The summed E-state index contributed by atoms with van der Waals surface area (Å²) in [7, 11) is 3.06. The topological polar surface area (TPSA) is 368 Å². The number of urea groups is 1. The number of benzene rings is 4. The average Bonchev–Trinajstić information content (AvgIpc) is 1.43. The van der Waals surface area contributed by atoms with Crippen molar-refractivity contribution in [3.05, 3.63) is 129 Å². The second kappa shape index (κ2) is 51.8. The average molecular weight is 1730 g/mol. The Morgan fingerprint density at radius 2 is 1.28 bits per heavy atom. The first-order valence-corrected chi connectivity index (χ1v) is 44.1. The van der Waals surface area contributed by atoms with E-state index in [0.29, 0.717) is 84.1 Å². The fraction of sp³-hybridized carbons (Fsp3) is 0.570. The van der Waals surface area contributed by atoms with Gasteiger partial charge in [-0.1, -0.05) is 121 Å². The molecule has 3 fully saturated rings. The third-order valence-corrected chi connectivity index (χ3v) is 23.4. The zero-order chi connectivity index (χ0) is 89.4. The number of amides is 8. The van der Waals surface area contributed by atoms with Crippen LogP contribution >= 0.6 is 0 Å². The van der Waals surface area contributed by atoms with Crippen LogP contribution in [0.3, 0.4) is 0 Å². The number of hydrogen-bond donors (Lipinski definition) is 7. The van der Waals surface area contributed by atoms with Crippen molar-refractivity contribution in [1.82, 2.24) is 35.6 Å². The number of nitrogens with one attached hydrogen (secondary N) is 5. The summed E-state index contributed by atoms with van der Waals surface area (Å²) < 4.78 is 65.1. The number of H-pyrrole nitrogens is 1. The minimum absolute atomic E-state index is 0.0142. The van der Waals surface area contributed by atoms with Crippen LogP contribution in [0.25, 0.3) is 11.3 Å². The zero-order valence-corrected chi connectivity index (χ0v) is 73.3. The number of aromatic nitrogens is 1. The van der Waals surface area contributed by atoms with Crippen LogP contribution in [0.4, 0.5) is 30.8 Å². The largest absolute Gasteiger partial charge is 0.495 e. The number of carboxylic acid groups (broad SMARTS) is 2. The van der Waals surface area contributed by atoms with Crippen molar-refractivity contribution in [1.29, 1.82) is 0 Å². The number of rotatable bonds is 56. The summed E-state index contributed by atoms with van der Waals surface area (Å²) >= 11 is 0. The molecular weight excluding hydrogens is 1600 g/mol. The molecule has 5 aromatic rings. The normalized spacial score (nSPS) is 14.5. The standard InChI is InChI=1S/C93H129F2N11O18/c1-8-9-10-11-12-13-17-20-23-44-105(83(110)24-21-18-15-14-16-19-22-25-84(111)112)77(90(116)117)33-35-80(107)98-43-52-121-54-56-123-58-57-122-55-53-120-51-38-81(108)99-64-85(113)124-92(3,4)69-31-32-71(74(95)60-69)88(114)101-75-62-70(94)61-72(65(75)2)86(96-5)73-63-76(100-87(73)97-6)67-28-26-66(27-29-67)36-45-103-47-39-93(40-48-103)41-49-104(50-42-93)89(115)68-30-34-79(119-7)78(59-68)106-46-37-82(109)102-91(106)118/h26-32,34,59-63,77,100H,6,8-25,33,35-58,64H2,1-5,7H3,(H,98,107)(H,99,108)(H,101,114)(H,111,112)(H,116,117)(H,102,109,118)/b96-86-. The van der Waals surface area contributed by atoms with E-state index in [1.165, 1.54) is 74.6 Å². The van der Waals surface area contributed by atoms with Crippen LogP contribution in [-0.4, -0.2) is 234 Å². The Morgan fingerprint density at radius 1 is 0.669 bits per heavy atom. The van der Waals surface area contributed by atoms with Crippen LogP contribution in [0, 0.1) is 24.0 Å². The van der Waals surface area contributed by atoms with Gasteiger partial charge in [0.25, 0.3) is 11.8 Å². The highest BCUT2D eigenvalue weighted by Crippen LogP contribution is 2.43. The van der Waals surface area contributed by atoms with E-state index in [2.05, 4.69) is 66.9 Å². The van der Waals surface area contributed by atoms with Gasteiger partial charge in [0.05, 0.1) is 76.9 Å². The van der Waals surface area contributed by atoms with Crippen LogP contribution in [0.5, 0.6) is 5.75 Å². The number of aliphatic imine (C=N–C) groups is 2. The molecule has 0 aliphatic carbocycles. The van der Waals surface area contributed by atoms with Crippen molar-refractivity contribution in [3.63, 3.8) is 0 Å². The summed E-state index contributed by atoms with van der Waals surface area (Å²) in [6.07, 6.45) is 20.6. The van der Waals surface area contributed by atoms with Crippen molar-refractivity contribution in [2.24, 2.45) is 15.4 Å². The number of esters is 1. The number of aliphatic carboxylic acids is 2. The van der Waals surface area contributed by atoms with Gasteiger partial charge in [-0.15, -0.1) is 0 Å². The summed E-state index contributed by atoms with van der Waals surface area (Å²) in [4.78, 5) is 147. The van der Waals surface area contributed by atoms with E-state index in [1.54, 1.807) is 32.2 Å². The molecule has 3 aliphatic heterocycles. The molecule has 8 rings (SSSR count). The molecule has 7 N–H and O–H groups in total. The number of piperidine rings is 2. The summed E-state index contributed by atoms with van der Waals surface area (Å²) in [6.45, 7) is 16.8. The number of methoxy groups -OCH3 is 1. The van der Waals surface area contributed by atoms with Crippen molar-refractivity contribution < 1.29 is 95.4 Å². The summed E-state index contributed by atoms with van der Waals surface area (Å²) in [5, 5.41) is 29.4. The van der Waals surface area contributed by atoms with Gasteiger partial charge in [0, 0.05) is 106 Å². The van der Waals surface area contributed by atoms with Gasteiger partial charge in [-0.2, -0.15) is 0 Å². The molecule has 1 spiro atoms. The maximum atomic E-state index is 16.0. The molecule has 4 heterocycles. The predicted molar refractivity (Wildman–Crippen MR) is 470 cm³/mol. The molecule has 3 saturated heterocycles. The highest BCUT2D eigenvalue weighted by Gasteiger charge is 2.40. The lowest BCUT2D eigenvalue weighted by Crippen LogP contribution is -2.50. The van der Waals surface area contributed by atoms with E-state index in [-0.39, 0.29) is 150 Å². The lowest BCUT2D eigenvalue weighted by atomic mass is 9.71. The number of carboxylic acids is 2. The van der Waals surface area contributed by atoms with E-state index in [9.17, 15) is 53.1 Å². The third-order valence-electron chi connectivity index (χ3n) is 23.4. The third kappa shape index (κ3) is 31.7. The molecule has 0 radical (unpaired) electrons. The number of imide groups is 1. The minimum Gasteiger partial charge on any atom is -0.495 e. The number of anilines is 2. The number of carbonyl (C=O) groups is 10. The van der Waals surface area contributed by atoms with Crippen LogP contribution in [-0.2, 0) is 69.3 Å². The molecule has 8 amide bonds. The Labute approximate surface area is 727 Å². The maximum absolute atomic E-state index is 16.0. The number of likely N-dealkylation sites (tertiary alicyclic amines) is 2. The molecule has 0 bridgehead atoms. The number of aromatic amines is 1. The zero-order valence-electron chi connectivity index (χ0n) is 73.3. The molecule has 1 unspecified atom stereocenters. The van der Waals surface area contributed by atoms with Crippen LogP contribution in [0.15, 0.2) is 88.8 Å². The number of nitrogens with zero attached hydrogens (tertiary/aromatic N) is 6. The summed E-state index contributed by atoms with van der Waals surface area (Å²) in [5.74, 6) is -5.88. The van der Waals surface area contributed by atoms with Crippen molar-refractivity contribution in [2.45, 2.75) is 213 Å². The van der Waals surface area contributed by atoms with Crippen molar-refractivity contribution in [3.8, 4) is 17.0 Å². The van der Waals surface area contributed by atoms with Gasteiger partial charge in [-0.05, 0) is 175 Å². The van der Waals surface area contributed by atoms with Gasteiger partial charge in [-0.25, -0.2) is 23.4 Å². The van der Waals surface area contributed by atoms with Gasteiger partial charge >= 0.3 is 23.9 Å². The quantitative estimate of drug-likeness (QED) is 0.0108. The second-order valence-electron chi connectivity index (χ2n) is 32.7. The summed E-state index contributed by atoms with van der Waals surface area (Å²) in [5.41, 5.74) is 4.00. The molecule has 0 saturated carbocycles. The Balaban J connectivity index is 0.675. The maximum Gasteiger partial charge on any atom is 0.328 e. The molecule has 4 aromatic carbocycles. The first-order chi connectivity index (χ1) is 59.7. The fourth-order valence-corrected chi connectivity index (χ4v) is 15.9. The molecule has 1 aromatic heterocycles. The molecule has 29 nitrogen and oxygen atoms in total.